The number of hydrogen-bond donors (Lipinski definition) is 2. The van der Waals surface area contributed by atoms with E-state index in [0.717, 1.165) is 0 Å². The van der Waals surface area contributed by atoms with E-state index >= 15 is 0 Å². The summed E-state index contributed by atoms with van der Waals surface area (Å²) in [5, 5.41) is 5.00. The van der Waals surface area contributed by atoms with Crippen molar-refractivity contribution in [2.24, 2.45) is 0 Å². The van der Waals surface area contributed by atoms with Crippen LogP contribution in [0.25, 0.3) is 11.4 Å². The number of nitrogens with one attached hydrogen (secondary N) is 2. The molecule has 0 saturated heterocycles. The molecule has 3 nitrogen and oxygen atoms in total. The van der Waals surface area contributed by atoms with E-state index in [1.165, 1.54) is 12.1 Å². The van der Waals surface area contributed by atoms with Gasteiger partial charge in [-0.05, 0) is 30.8 Å². The lowest BCUT2D eigenvalue weighted by atomic mass is 10.1. The topological polar surface area (TPSA) is 44.5 Å². The van der Waals surface area contributed by atoms with E-state index in [-0.39, 0.29) is 16.2 Å². The molecule has 0 aliphatic heterocycles. The van der Waals surface area contributed by atoms with E-state index in [9.17, 15) is 8.78 Å². The van der Waals surface area contributed by atoms with Crippen molar-refractivity contribution in [2.75, 3.05) is 0 Å². The van der Waals surface area contributed by atoms with Crippen LogP contribution in [0.3, 0.4) is 0 Å². The average molecular weight is 227 g/mol. The molecule has 0 atom stereocenters. The van der Waals surface area contributed by atoms with Gasteiger partial charge in [-0.3, -0.25) is 10.2 Å². The highest BCUT2D eigenvalue weighted by molar-refractivity contribution is 7.71. The number of aryl methyl sites for hydroxylation is 1. The molecule has 0 fully saturated rings. The number of rotatable bonds is 1. The monoisotopic (exact) mass is 227 g/mol. The van der Waals surface area contributed by atoms with E-state index < -0.39 is 11.6 Å². The lowest BCUT2D eigenvalue weighted by Gasteiger charge is -2.03. The van der Waals surface area contributed by atoms with Gasteiger partial charge >= 0.3 is 0 Å². The second-order valence-corrected chi connectivity index (χ2v) is 3.46. The van der Waals surface area contributed by atoms with Crippen LogP contribution < -0.4 is 0 Å². The predicted octanol–water partition coefficient (Wildman–Crippen LogP) is 2.72. The van der Waals surface area contributed by atoms with E-state index in [0.29, 0.717) is 5.56 Å². The highest BCUT2D eigenvalue weighted by Gasteiger charge is 2.15. The SMILES string of the molecule is Cc1ccc(F)c(-c2nc(=S)[nH][nH]2)c1F. The van der Waals surface area contributed by atoms with Crippen molar-refractivity contribution in [3.05, 3.63) is 34.1 Å². The highest BCUT2D eigenvalue weighted by atomic mass is 32.1. The average Bonchev–Trinajstić information content (AvgIpc) is 2.59. The van der Waals surface area contributed by atoms with E-state index in [2.05, 4.69) is 15.2 Å². The van der Waals surface area contributed by atoms with Crippen molar-refractivity contribution in [1.82, 2.24) is 15.2 Å². The Kier molecular flexibility index (Phi) is 2.36. The number of nitrogens with zero attached hydrogens (tertiary/aromatic N) is 1. The maximum atomic E-state index is 13.6. The molecule has 0 spiro atoms. The molecule has 0 saturated carbocycles. The first-order valence-corrected chi connectivity index (χ1v) is 4.60. The maximum absolute atomic E-state index is 13.6. The fourth-order valence-corrected chi connectivity index (χ4v) is 1.40. The molecule has 15 heavy (non-hydrogen) atoms. The van der Waals surface area contributed by atoms with Crippen molar-refractivity contribution in [3.63, 3.8) is 0 Å². The van der Waals surface area contributed by atoms with Crippen LogP contribution in [-0.4, -0.2) is 15.2 Å². The molecule has 78 valence electrons. The Morgan fingerprint density at radius 1 is 1.27 bits per heavy atom. The zero-order valence-electron chi connectivity index (χ0n) is 7.77. The summed E-state index contributed by atoms with van der Waals surface area (Å²) in [5.41, 5.74) is 0.163. The van der Waals surface area contributed by atoms with Gasteiger partial charge in [-0.15, -0.1) is 0 Å². The van der Waals surface area contributed by atoms with Gasteiger partial charge < -0.3 is 0 Å². The van der Waals surface area contributed by atoms with Crippen LogP contribution in [0.2, 0.25) is 0 Å². The summed E-state index contributed by atoms with van der Waals surface area (Å²) in [7, 11) is 0. The molecule has 2 rings (SSSR count). The number of halogens is 2. The third kappa shape index (κ3) is 1.68. The Balaban J connectivity index is 2.71. The standard InChI is InChI=1S/C9H7F2N3S/c1-4-2-3-5(10)6(7(4)11)8-12-9(15)14-13-8/h2-3H,1H3,(H2,12,13,14,15). The first-order chi connectivity index (χ1) is 7.09. The Bertz CT molecular complexity index is 559. The summed E-state index contributed by atoms with van der Waals surface area (Å²) in [5.74, 6) is -1.23. The molecule has 1 heterocycles. The molecule has 6 heteroatoms. The smallest absolute Gasteiger partial charge is 0.213 e. The van der Waals surface area contributed by atoms with E-state index in [1.807, 2.05) is 0 Å². The Hall–Kier alpha value is -1.56. The van der Waals surface area contributed by atoms with Gasteiger partial charge in [0, 0.05) is 0 Å². The van der Waals surface area contributed by atoms with Gasteiger partial charge in [0.2, 0.25) is 4.77 Å². The van der Waals surface area contributed by atoms with Crippen molar-refractivity contribution in [2.45, 2.75) is 6.92 Å². The molecule has 1 aromatic carbocycles. The van der Waals surface area contributed by atoms with E-state index in [1.54, 1.807) is 6.92 Å². The normalized spacial score (nSPS) is 10.6. The number of aromatic amines is 2. The van der Waals surface area contributed by atoms with Gasteiger partial charge in [0.05, 0.1) is 5.56 Å². The molecule has 2 aromatic rings. The third-order valence-electron chi connectivity index (χ3n) is 2.02. The van der Waals surface area contributed by atoms with Gasteiger partial charge in [0.1, 0.15) is 11.6 Å². The van der Waals surface area contributed by atoms with Crippen molar-refractivity contribution < 1.29 is 8.78 Å². The second kappa shape index (κ2) is 3.54. The summed E-state index contributed by atoms with van der Waals surface area (Å²) in [6.45, 7) is 1.56. The van der Waals surface area contributed by atoms with Crippen molar-refractivity contribution in [1.29, 1.82) is 0 Å². The van der Waals surface area contributed by atoms with Gasteiger partial charge in [-0.2, -0.15) is 4.98 Å². The number of H-pyrrole nitrogens is 2. The van der Waals surface area contributed by atoms with Crippen molar-refractivity contribution >= 4 is 12.2 Å². The van der Waals surface area contributed by atoms with Crippen LogP contribution in [0.1, 0.15) is 5.56 Å². The summed E-state index contributed by atoms with van der Waals surface area (Å²) < 4.78 is 27.1. The van der Waals surface area contributed by atoms with Gasteiger partial charge in [-0.25, -0.2) is 8.78 Å². The van der Waals surface area contributed by atoms with Crippen LogP contribution in [0.5, 0.6) is 0 Å². The fraction of sp³-hybridized carbons (Fsp3) is 0.111. The second-order valence-electron chi connectivity index (χ2n) is 3.07. The Morgan fingerprint density at radius 3 is 2.60 bits per heavy atom. The molecule has 0 aliphatic carbocycles. The molecule has 0 unspecified atom stereocenters. The highest BCUT2D eigenvalue weighted by Crippen LogP contribution is 2.24. The van der Waals surface area contributed by atoms with Gasteiger partial charge in [0.15, 0.2) is 5.82 Å². The van der Waals surface area contributed by atoms with E-state index in [4.69, 9.17) is 12.2 Å². The van der Waals surface area contributed by atoms with Crippen LogP contribution >= 0.6 is 12.2 Å². The third-order valence-corrected chi connectivity index (χ3v) is 2.22. The minimum atomic E-state index is -0.671. The lowest BCUT2D eigenvalue weighted by molar-refractivity contribution is 0.582. The molecule has 0 bridgehead atoms. The number of benzene rings is 1. The maximum Gasteiger partial charge on any atom is 0.213 e. The molecule has 0 aliphatic rings. The summed E-state index contributed by atoms with van der Waals surface area (Å²) in [4.78, 5) is 3.77. The first-order valence-electron chi connectivity index (χ1n) is 4.19. The lowest BCUT2D eigenvalue weighted by Crippen LogP contribution is -1.94. The van der Waals surface area contributed by atoms with Crippen LogP contribution in [-0.2, 0) is 0 Å². The summed E-state index contributed by atoms with van der Waals surface area (Å²) >= 11 is 4.71. The summed E-state index contributed by atoms with van der Waals surface area (Å²) in [6.07, 6.45) is 0. The molecular weight excluding hydrogens is 220 g/mol. The number of aromatic nitrogens is 3. The minimum Gasteiger partial charge on any atom is -0.281 e. The molecule has 1 aromatic heterocycles. The predicted molar refractivity (Wildman–Crippen MR) is 53.9 cm³/mol. The Morgan fingerprint density at radius 2 is 2.00 bits per heavy atom. The number of hydrogen-bond acceptors (Lipinski definition) is 2. The molecule has 2 N–H and O–H groups in total. The van der Waals surface area contributed by atoms with Gasteiger partial charge in [-0.1, -0.05) is 6.07 Å². The Labute approximate surface area is 89.2 Å². The van der Waals surface area contributed by atoms with Gasteiger partial charge in [0.25, 0.3) is 0 Å². The fourth-order valence-electron chi connectivity index (χ4n) is 1.26. The minimum absolute atomic E-state index is 0.0682. The van der Waals surface area contributed by atoms with Crippen LogP contribution in [0.15, 0.2) is 12.1 Å². The molecule has 0 amide bonds. The van der Waals surface area contributed by atoms with Crippen molar-refractivity contribution in [3.8, 4) is 11.4 Å². The van der Waals surface area contributed by atoms with Crippen LogP contribution in [0.4, 0.5) is 8.78 Å². The largest absolute Gasteiger partial charge is 0.281 e. The summed E-state index contributed by atoms with van der Waals surface area (Å²) in [6, 6.07) is 2.56. The molecule has 0 radical (unpaired) electrons. The van der Waals surface area contributed by atoms with Crippen LogP contribution in [0, 0.1) is 23.3 Å². The zero-order valence-corrected chi connectivity index (χ0v) is 8.58. The molecular formula is C9H7F2N3S. The first kappa shape index (κ1) is 9.97. The zero-order chi connectivity index (χ0) is 11.0. The quantitative estimate of drug-likeness (QED) is 0.736.